The van der Waals surface area contributed by atoms with Crippen LogP contribution in [0.5, 0.6) is 0 Å². The van der Waals surface area contributed by atoms with E-state index in [2.05, 4.69) is 4.72 Å². The van der Waals surface area contributed by atoms with Gasteiger partial charge in [0.2, 0.25) is 21.8 Å². The summed E-state index contributed by atoms with van der Waals surface area (Å²) in [6, 6.07) is 7.98. The predicted molar refractivity (Wildman–Crippen MR) is 126 cm³/mol. The molecule has 34 heavy (non-hydrogen) atoms. The molecule has 2 N–H and O–H groups in total. The van der Waals surface area contributed by atoms with Crippen molar-refractivity contribution >= 4 is 50.2 Å². The zero-order valence-electron chi connectivity index (χ0n) is 18.6. The first-order valence-corrected chi connectivity index (χ1v) is 13.0. The maximum Gasteiger partial charge on any atom is 0.308 e. The lowest BCUT2D eigenvalue weighted by molar-refractivity contribution is -0.149. The molecule has 0 saturated carbocycles. The van der Waals surface area contributed by atoms with Crippen LogP contribution in [0.3, 0.4) is 0 Å². The number of fused-ring (bicyclic) bond motifs is 1. The molecule has 2 heterocycles. The van der Waals surface area contributed by atoms with E-state index in [1.54, 1.807) is 31.2 Å². The van der Waals surface area contributed by atoms with Gasteiger partial charge in [0.05, 0.1) is 10.8 Å². The number of aliphatic carboxylic acids is 1. The van der Waals surface area contributed by atoms with Gasteiger partial charge in [-0.3, -0.25) is 14.4 Å². The van der Waals surface area contributed by atoms with E-state index >= 15 is 0 Å². The minimum Gasteiger partial charge on any atom is -0.481 e. The molecule has 0 spiro atoms. The van der Waals surface area contributed by atoms with Gasteiger partial charge in [0, 0.05) is 24.7 Å². The Bertz CT molecular complexity index is 1250. The van der Waals surface area contributed by atoms with Gasteiger partial charge in [-0.1, -0.05) is 23.7 Å². The van der Waals surface area contributed by atoms with Gasteiger partial charge in [-0.05, 0) is 61.2 Å². The number of rotatable bonds is 6. The van der Waals surface area contributed by atoms with Gasteiger partial charge in [-0.15, -0.1) is 0 Å². The Labute approximate surface area is 202 Å². The molecule has 2 amide bonds. The number of hydrogen-bond acceptors (Lipinski definition) is 5. The number of benzene rings is 2. The summed E-state index contributed by atoms with van der Waals surface area (Å²) < 4.78 is 28.4. The average Bonchev–Trinajstić information content (AvgIpc) is 3.16. The molecule has 11 heteroatoms. The topological polar surface area (TPSA) is 124 Å². The standard InChI is InChI=1S/C23H26ClN3O6S/c1-14(21(28)26-9-2-3-17(13-26)23(30)31)27-10-8-20(22(27)29)25-34(32,33)19-7-5-15-11-18(24)6-4-16(15)12-19/h4-7,11-12,14,17,20,25H,2-3,8-10,13H2,1H3,(H,30,31). The number of amides is 2. The Balaban J connectivity index is 1.44. The van der Waals surface area contributed by atoms with E-state index < -0.39 is 39.9 Å². The van der Waals surface area contributed by atoms with Crippen molar-refractivity contribution in [1.82, 2.24) is 14.5 Å². The van der Waals surface area contributed by atoms with Gasteiger partial charge in [-0.2, -0.15) is 4.72 Å². The zero-order valence-corrected chi connectivity index (χ0v) is 20.2. The molecule has 9 nitrogen and oxygen atoms in total. The number of nitrogens with zero attached hydrogens (tertiary/aromatic N) is 2. The first-order valence-electron chi connectivity index (χ1n) is 11.1. The number of carboxylic acids is 1. The van der Waals surface area contributed by atoms with Crippen LogP contribution in [-0.4, -0.2) is 72.8 Å². The van der Waals surface area contributed by atoms with E-state index in [-0.39, 0.29) is 30.3 Å². The van der Waals surface area contributed by atoms with Crippen molar-refractivity contribution in [2.24, 2.45) is 5.92 Å². The third-order valence-electron chi connectivity index (χ3n) is 6.53. The molecule has 3 atom stereocenters. The number of carboxylic acid groups (broad SMARTS) is 1. The van der Waals surface area contributed by atoms with Crippen molar-refractivity contribution in [3.05, 3.63) is 41.4 Å². The van der Waals surface area contributed by atoms with Crippen molar-refractivity contribution in [2.75, 3.05) is 19.6 Å². The Hall–Kier alpha value is -2.69. The second-order valence-corrected chi connectivity index (χ2v) is 10.9. The fraction of sp³-hybridized carbons (Fsp3) is 0.435. The van der Waals surface area contributed by atoms with E-state index in [0.29, 0.717) is 29.8 Å². The SMILES string of the molecule is CC(C(=O)N1CCCC(C(=O)O)C1)N1CCC(NS(=O)(=O)c2ccc3cc(Cl)ccc3c2)C1=O. The lowest BCUT2D eigenvalue weighted by atomic mass is 9.97. The maximum absolute atomic E-state index is 13.0. The number of nitrogens with one attached hydrogen (secondary N) is 1. The van der Waals surface area contributed by atoms with Crippen molar-refractivity contribution in [1.29, 1.82) is 0 Å². The third-order valence-corrected chi connectivity index (χ3v) is 8.23. The monoisotopic (exact) mass is 507 g/mol. The highest BCUT2D eigenvalue weighted by atomic mass is 35.5. The molecule has 2 aliphatic heterocycles. The molecule has 2 saturated heterocycles. The van der Waals surface area contributed by atoms with Gasteiger partial charge >= 0.3 is 5.97 Å². The van der Waals surface area contributed by atoms with E-state index in [4.69, 9.17) is 11.6 Å². The lowest BCUT2D eigenvalue weighted by Crippen LogP contribution is -2.52. The molecule has 3 unspecified atom stereocenters. The van der Waals surface area contributed by atoms with Gasteiger partial charge < -0.3 is 14.9 Å². The van der Waals surface area contributed by atoms with Crippen LogP contribution in [0.1, 0.15) is 26.2 Å². The van der Waals surface area contributed by atoms with Crippen LogP contribution in [0.15, 0.2) is 41.3 Å². The molecule has 0 radical (unpaired) electrons. The van der Waals surface area contributed by atoms with Crippen molar-refractivity contribution in [2.45, 2.75) is 43.2 Å². The molecule has 0 aromatic heterocycles. The van der Waals surface area contributed by atoms with Gasteiger partial charge in [0.15, 0.2) is 0 Å². The van der Waals surface area contributed by atoms with Crippen molar-refractivity contribution in [3.63, 3.8) is 0 Å². The van der Waals surface area contributed by atoms with Crippen LogP contribution in [0.25, 0.3) is 10.8 Å². The summed E-state index contributed by atoms with van der Waals surface area (Å²) >= 11 is 5.98. The number of halogens is 1. The van der Waals surface area contributed by atoms with E-state index in [1.165, 1.54) is 21.9 Å². The molecule has 0 bridgehead atoms. The maximum atomic E-state index is 13.0. The van der Waals surface area contributed by atoms with Gasteiger partial charge in [0.25, 0.3) is 0 Å². The molecule has 2 fully saturated rings. The molecule has 2 aromatic carbocycles. The summed E-state index contributed by atoms with van der Waals surface area (Å²) in [4.78, 5) is 40.1. The van der Waals surface area contributed by atoms with Crippen LogP contribution >= 0.6 is 11.6 Å². The number of hydrogen-bond donors (Lipinski definition) is 2. The minimum absolute atomic E-state index is 0.0331. The zero-order chi connectivity index (χ0) is 24.6. The normalized spacial score (nSPS) is 22.2. The molecular formula is C23H26ClN3O6S. The van der Waals surface area contributed by atoms with Crippen molar-refractivity contribution < 1.29 is 27.9 Å². The van der Waals surface area contributed by atoms with Crippen LogP contribution in [-0.2, 0) is 24.4 Å². The Morgan fingerprint density at radius 1 is 1.12 bits per heavy atom. The first-order chi connectivity index (χ1) is 16.1. The summed E-state index contributed by atoms with van der Waals surface area (Å²) in [6.45, 7) is 2.38. The number of carbonyl (C=O) groups is 3. The van der Waals surface area contributed by atoms with E-state index in [1.807, 2.05) is 0 Å². The summed E-state index contributed by atoms with van der Waals surface area (Å²) in [5.41, 5.74) is 0. The number of carbonyl (C=O) groups excluding carboxylic acids is 2. The highest BCUT2D eigenvalue weighted by Crippen LogP contribution is 2.25. The molecule has 4 rings (SSSR count). The number of piperidine rings is 1. The highest BCUT2D eigenvalue weighted by molar-refractivity contribution is 7.89. The van der Waals surface area contributed by atoms with Crippen LogP contribution in [0, 0.1) is 5.92 Å². The second-order valence-electron chi connectivity index (χ2n) is 8.79. The number of likely N-dealkylation sites (tertiary alicyclic amines) is 2. The fourth-order valence-corrected chi connectivity index (χ4v) is 6.03. The average molecular weight is 508 g/mol. The molecule has 2 aromatic rings. The smallest absolute Gasteiger partial charge is 0.308 e. The second kappa shape index (κ2) is 9.52. The predicted octanol–water partition coefficient (Wildman–Crippen LogP) is 2.08. The van der Waals surface area contributed by atoms with E-state index in [9.17, 15) is 27.9 Å². The van der Waals surface area contributed by atoms with Crippen LogP contribution < -0.4 is 4.72 Å². The van der Waals surface area contributed by atoms with Crippen LogP contribution in [0.4, 0.5) is 0 Å². The molecule has 182 valence electrons. The highest BCUT2D eigenvalue weighted by Gasteiger charge is 2.41. The summed E-state index contributed by atoms with van der Waals surface area (Å²) in [6.07, 6.45) is 1.34. The quantitative estimate of drug-likeness (QED) is 0.617. The largest absolute Gasteiger partial charge is 0.481 e. The minimum atomic E-state index is -3.98. The Morgan fingerprint density at radius 3 is 2.56 bits per heavy atom. The molecule has 0 aliphatic carbocycles. The Morgan fingerprint density at radius 2 is 1.82 bits per heavy atom. The van der Waals surface area contributed by atoms with Gasteiger partial charge in [-0.25, -0.2) is 8.42 Å². The summed E-state index contributed by atoms with van der Waals surface area (Å²) in [5.74, 6) is -2.34. The Kier molecular flexibility index (Phi) is 6.84. The van der Waals surface area contributed by atoms with Crippen LogP contribution in [0.2, 0.25) is 5.02 Å². The van der Waals surface area contributed by atoms with Gasteiger partial charge in [0.1, 0.15) is 12.1 Å². The fourth-order valence-electron chi connectivity index (χ4n) is 4.59. The molecular weight excluding hydrogens is 482 g/mol. The lowest BCUT2D eigenvalue weighted by Gasteiger charge is -2.35. The summed E-state index contributed by atoms with van der Waals surface area (Å²) in [5, 5.41) is 11.3. The van der Waals surface area contributed by atoms with E-state index in [0.717, 1.165) is 5.39 Å². The summed E-state index contributed by atoms with van der Waals surface area (Å²) in [7, 11) is -3.98. The third kappa shape index (κ3) is 4.89. The number of sulfonamides is 1. The first kappa shape index (κ1) is 24.4. The van der Waals surface area contributed by atoms with Crippen molar-refractivity contribution in [3.8, 4) is 0 Å². The molecule has 2 aliphatic rings.